The van der Waals surface area contributed by atoms with Crippen LogP contribution in [0.15, 0.2) is 72.8 Å². The topological polar surface area (TPSA) is 307 Å². The van der Waals surface area contributed by atoms with Crippen molar-refractivity contribution in [3.63, 3.8) is 0 Å². The highest BCUT2D eigenvalue weighted by Gasteiger charge is 2.31. The lowest BCUT2D eigenvalue weighted by Crippen LogP contribution is -2.59. The van der Waals surface area contributed by atoms with Crippen molar-refractivity contribution < 1.29 is 53.7 Å². The standard InChI is InChI=1S/C45H59ClN8O11S2/c1-27(56)41(45(65)49-23-39(60)50-32(25-55)21-29-8-15-33(57)16-9-29)54-43(63)35(5-3-4-20-47)51-40(61)24-48-42(62)36(22-30-10-17-34(58)18-11-30)53-44(64)37(26-67-66-2)52-38(59)19-12-28-6-13-31(46)14-7-28/h6-11,13-18,25,27,32,35-37,41,56-58H,3-5,12,19-24,26,47H2,1-2H3,(H,48,62)(H,49,65)(H,50,60)(H,51,61)(H,52,59)(H,53,64)(H,54,63)/t27?,32-,35+,36+,37-,41?/m1/s1. The zero-order valence-corrected chi connectivity index (χ0v) is 39.5. The van der Waals surface area contributed by atoms with E-state index in [1.54, 1.807) is 48.5 Å². The number of phenols is 2. The second kappa shape index (κ2) is 29.7. The number of rotatable bonds is 29. The maximum Gasteiger partial charge on any atom is 0.245 e. The SMILES string of the molecule is CSSC[C@@H](NC(=O)CCc1ccc(Cl)cc1)C(=O)N[C@@H](Cc1ccc(O)cc1)C(=O)NCC(=O)N[C@@H](CCCCN)C(=O)NC(C(=O)NCC(=O)N[C@@H](C=O)Cc1ccc(O)cc1)C(C)O. The molecule has 6 atom stereocenters. The molecule has 7 amide bonds. The number of halogens is 1. The van der Waals surface area contributed by atoms with Gasteiger partial charge in [-0.05, 0) is 105 Å². The molecule has 0 aromatic heterocycles. The Labute approximate surface area is 401 Å². The largest absolute Gasteiger partial charge is 0.508 e. The molecule has 67 heavy (non-hydrogen) atoms. The third kappa shape index (κ3) is 21.1. The molecule has 0 aliphatic carbocycles. The van der Waals surface area contributed by atoms with Crippen LogP contribution in [-0.2, 0) is 57.6 Å². The molecule has 0 saturated heterocycles. The van der Waals surface area contributed by atoms with Gasteiger partial charge >= 0.3 is 0 Å². The maximum absolute atomic E-state index is 13.7. The van der Waals surface area contributed by atoms with Gasteiger partial charge in [0.2, 0.25) is 41.4 Å². The van der Waals surface area contributed by atoms with Crippen molar-refractivity contribution in [3.8, 4) is 11.5 Å². The number of nitrogens with two attached hydrogens (primary N) is 1. The average Bonchev–Trinajstić information content (AvgIpc) is 3.30. The van der Waals surface area contributed by atoms with E-state index in [1.165, 1.54) is 52.8 Å². The van der Waals surface area contributed by atoms with Crippen LogP contribution in [0.25, 0.3) is 0 Å². The van der Waals surface area contributed by atoms with E-state index in [0.29, 0.717) is 41.7 Å². The van der Waals surface area contributed by atoms with Gasteiger partial charge in [0.15, 0.2) is 0 Å². The summed E-state index contributed by atoms with van der Waals surface area (Å²) in [7, 11) is 2.70. The van der Waals surface area contributed by atoms with Gasteiger partial charge in [-0.25, -0.2) is 0 Å². The number of aromatic hydroxyl groups is 2. The van der Waals surface area contributed by atoms with Gasteiger partial charge in [-0.3, -0.25) is 33.6 Å². The first-order valence-electron chi connectivity index (χ1n) is 21.3. The third-order valence-electron chi connectivity index (χ3n) is 9.98. The fraction of sp³-hybridized carbons (Fsp3) is 0.422. The maximum atomic E-state index is 13.7. The van der Waals surface area contributed by atoms with Crippen LogP contribution in [0.5, 0.6) is 11.5 Å². The van der Waals surface area contributed by atoms with Crippen LogP contribution < -0.4 is 43.0 Å². The van der Waals surface area contributed by atoms with Crippen molar-refractivity contribution >= 4 is 80.8 Å². The van der Waals surface area contributed by atoms with Gasteiger partial charge in [0.1, 0.15) is 42.0 Å². The van der Waals surface area contributed by atoms with E-state index < -0.39 is 90.8 Å². The third-order valence-corrected chi connectivity index (χ3v) is 12.1. The molecule has 0 fully saturated rings. The Balaban J connectivity index is 1.65. The van der Waals surface area contributed by atoms with Gasteiger partial charge in [-0.1, -0.05) is 69.6 Å². The van der Waals surface area contributed by atoms with Gasteiger partial charge < -0.3 is 63.1 Å². The van der Waals surface area contributed by atoms with Gasteiger partial charge in [0, 0.05) is 23.6 Å². The van der Waals surface area contributed by atoms with Crippen LogP contribution in [0.1, 0.15) is 49.3 Å². The van der Waals surface area contributed by atoms with E-state index in [4.69, 9.17) is 17.3 Å². The number of phenolic OH excluding ortho intramolecular Hbond substituents is 2. The highest BCUT2D eigenvalue weighted by atomic mass is 35.5. The van der Waals surface area contributed by atoms with Crippen LogP contribution in [0.2, 0.25) is 5.02 Å². The Bertz CT molecular complexity index is 2100. The first-order chi connectivity index (χ1) is 32.0. The summed E-state index contributed by atoms with van der Waals surface area (Å²) >= 11 is 5.97. The summed E-state index contributed by atoms with van der Waals surface area (Å²) in [6, 6.07) is 12.8. The predicted molar refractivity (Wildman–Crippen MR) is 256 cm³/mol. The highest BCUT2D eigenvalue weighted by Crippen LogP contribution is 2.19. The molecule has 22 heteroatoms. The van der Waals surface area contributed by atoms with Gasteiger partial charge in [0.25, 0.3) is 0 Å². The molecule has 0 bridgehead atoms. The van der Waals surface area contributed by atoms with Gasteiger partial charge in [-0.15, -0.1) is 0 Å². The van der Waals surface area contributed by atoms with E-state index in [-0.39, 0.29) is 49.5 Å². The van der Waals surface area contributed by atoms with Crippen LogP contribution in [0.4, 0.5) is 0 Å². The number of aryl methyl sites for hydroxylation is 1. The number of carbonyl (C=O) groups is 8. The lowest BCUT2D eigenvalue weighted by Gasteiger charge is -2.25. The molecule has 0 spiro atoms. The van der Waals surface area contributed by atoms with E-state index in [2.05, 4.69) is 37.2 Å². The van der Waals surface area contributed by atoms with Crippen molar-refractivity contribution in [3.05, 3.63) is 94.5 Å². The molecule has 0 aliphatic rings. The Hall–Kier alpha value is -5.87. The number of unbranched alkanes of at least 4 members (excludes halogenated alkanes) is 1. The summed E-state index contributed by atoms with van der Waals surface area (Å²) in [5.74, 6) is -5.01. The molecule has 3 rings (SSSR count). The van der Waals surface area contributed by atoms with Crippen LogP contribution >= 0.6 is 33.2 Å². The van der Waals surface area contributed by atoms with Crippen molar-refractivity contribution in [1.82, 2.24) is 37.2 Å². The molecule has 0 saturated carbocycles. The Kier molecular flexibility index (Phi) is 24.6. The number of nitrogens with one attached hydrogen (secondary N) is 7. The molecule has 0 heterocycles. The molecule has 3 aromatic carbocycles. The van der Waals surface area contributed by atoms with Crippen LogP contribution in [-0.4, -0.2) is 131 Å². The van der Waals surface area contributed by atoms with E-state index in [1.807, 2.05) is 6.26 Å². The quantitative estimate of drug-likeness (QED) is 0.0257. The number of amides is 7. The molecular weight excluding hydrogens is 928 g/mol. The Morgan fingerprint density at radius 2 is 1.19 bits per heavy atom. The van der Waals surface area contributed by atoms with Crippen molar-refractivity contribution in [1.29, 1.82) is 0 Å². The lowest BCUT2D eigenvalue weighted by molar-refractivity contribution is -0.135. The Morgan fingerprint density at radius 1 is 0.657 bits per heavy atom. The minimum Gasteiger partial charge on any atom is -0.508 e. The van der Waals surface area contributed by atoms with Gasteiger partial charge in [-0.2, -0.15) is 0 Å². The van der Waals surface area contributed by atoms with E-state index in [9.17, 15) is 53.7 Å². The summed E-state index contributed by atoms with van der Waals surface area (Å²) in [5.41, 5.74) is 7.73. The highest BCUT2D eigenvalue weighted by molar-refractivity contribution is 8.76. The molecular formula is C45H59ClN8O11S2. The molecule has 0 aliphatic heterocycles. The monoisotopic (exact) mass is 986 g/mol. The van der Waals surface area contributed by atoms with Crippen molar-refractivity contribution in [2.45, 2.75) is 88.2 Å². The summed E-state index contributed by atoms with van der Waals surface area (Å²) in [5, 5.41) is 48.0. The van der Waals surface area contributed by atoms with E-state index >= 15 is 0 Å². The number of benzene rings is 3. The second-order valence-corrected chi connectivity index (χ2v) is 18.4. The summed E-state index contributed by atoms with van der Waals surface area (Å²) in [6.45, 7) is 0.242. The zero-order valence-electron chi connectivity index (χ0n) is 37.1. The van der Waals surface area contributed by atoms with Crippen molar-refractivity contribution in [2.75, 3.05) is 31.6 Å². The molecule has 0 radical (unpaired) electrons. The summed E-state index contributed by atoms with van der Waals surface area (Å²) in [4.78, 5) is 105. The number of aliphatic hydroxyl groups excluding tert-OH is 1. The summed E-state index contributed by atoms with van der Waals surface area (Å²) in [6.07, 6.45) is 2.25. The summed E-state index contributed by atoms with van der Waals surface area (Å²) < 4.78 is 0. The fourth-order valence-electron chi connectivity index (χ4n) is 6.35. The van der Waals surface area contributed by atoms with Crippen LogP contribution in [0.3, 0.4) is 0 Å². The second-order valence-electron chi connectivity index (χ2n) is 15.4. The first kappa shape index (κ1) is 55.5. The number of hydrogen-bond acceptors (Lipinski definition) is 14. The number of hydrogen-bond donors (Lipinski definition) is 11. The molecule has 12 N–H and O–H groups in total. The number of carbonyl (C=O) groups excluding carboxylic acids is 8. The smallest absolute Gasteiger partial charge is 0.245 e. The van der Waals surface area contributed by atoms with E-state index in [0.717, 1.165) is 5.56 Å². The fourth-order valence-corrected chi connectivity index (χ4v) is 7.80. The minimum absolute atomic E-state index is 0.0261. The number of aldehydes is 1. The molecule has 364 valence electrons. The average molecular weight is 988 g/mol. The lowest BCUT2D eigenvalue weighted by atomic mass is 10.0. The van der Waals surface area contributed by atoms with Crippen LogP contribution in [0, 0.1) is 0 Å². The zero-order chi connectivity index (χ0) is 49.3. The first-order valence-corrected chi connectivity index (χ1v) is 24.5. The molecule has 3 aromatic rings. The predicted octanol–water partition coefficient (Wildman–Crippen LogP) is 0.546. The molecule has 2 unspecified atom stereocenters. The Morgan fingerprint density at radius 3 is 1.76 bits per heavy atom. The number of aliphatic hydroxyl groups is 1. The van der Waals surface area contributed by atoms with Gasteiger partial charge in [0.05, 0.1) is 25.2 Å². The normalized spacial score (nSPS) is 13.6. The minimum atomic E-state index is -1.58. The van der Waals surface area contributed by atoms with Crippen molar-refractivity contribution in [2.24, 2.45) is 5.73 Å². The molecule has 19 nitrogen and oxygen atoms in total.